The monoisotopic (exact) mass is 292 g/mol. The number of hydrogen-bond acceptors (Lipinski definition) is 5. The molecule has 0 saturated heterocycles. The van der Waals surface area contributed by atoms with Crippen LogP contribution in [0.15, 0.2) is 29.4 Å². The van der Waals surface area contributed by atoms with E-state index in [0.717, 1.165) is 17.2 Å². The highest BCUT2D eigenvalue weighted by atomic mass is 32.1. The van der Waals surface area contributed by atoms with E-state index in [1.165, 1.54) is 4.70 Å². The van der Waals surface area contributed by atoms with Gasteiger partial charge in [-0.3, -0.25) is 0 Å². The molecule has 108 valence electrons. The van der Waals surface area contributed by atoms with Gasteiger partial charge in [0.15, 0.2) is 5.13 Å². The summed E-state index contributed by atoms with van der Waals surface area (Å²) in [6, 6.07) is 8.11. The molecule has 0 unspecified atom stereocenters. The second-order valence-electron chi connectivity index (χ2n) is 5.15. The third kappa shape index (κ3) is 3.60. The van der Waals surface area contributed by atoms with Crippen LogP contribution in [-0.4, -0.2) is 29.1 Å². The topological polar surface area (TPSA) is 74.7 Å². The molecule has 0 saturated carbocycles. The quantitative estimate of drug-likeness (QED) is 0.371. The first-order valence-electron chi connectivity index (χ1n) is 6.67. The number of aromatic nitrogens is 1. The predicted octanol–water partition coefficient (Wildman–Crippen LogP) is 2.90. The Morgan fingerprint density at radius 3 is 2.85 bits per heavy atom. The number of amidine groups is 1. The lowest BCUT2D eigenvalue weighted by Gasteiger charge is -2.23. The zero-order valence-corrected chi connectivity index (χ0v) is 12.6. The highest BCUT2D eigenvalue weighted by molar-refractivity contribution is 7.22. The number of rotatable bonds is 6. The second-order valence-corrected chi connectivity index (χ2v) is 6.15. The average Bonchev–Trinajstić information content (AvgIpc) is 2.86. The fourth-order valence-electron chi connectivity index (χ4n) is 2.00. The summed E-state index contributed by atoms with van der Waals surface area (Å²) in [7, 11) is 0. The number of hydrogen-bond donors (Lipinski definition) is 2. The van der Waals surface area contributed by atoms with Crippen molar-refractivity contribution >= 4 is 32.5 Å². The third-order valence-corrected chi connectivity index (χ3v) is 4.00. The van der Waals surface area contributed by atoms with Gasteiger partial charge in [-0.25, -0.2) is 4.98 Å². The molecule has 0 spiro atoms. The number of thiazole rings is 1. The summed E-state index contributed by atoms with van der Waals surface area (Å²) in [6.07, 6.45) is 0.527. The largest absolute Gasteiger partial charge is 0.409 e. The Balaban J connectivity index is 2.20. The number of para-hydroxylation sites is 1. The van der Waals surface area contributed by atoms with Crippen LogP contribution in [0, 0.1) is 5.92 Å². The van der Waals surface area contributed by atoms with Crippen molar-refractivity contribution in [3.05, 3.63) is 24.3 Å². The Bertz CT molecular complexity index is 561. The number of fused-ring (bicyclic) bond motifs is 1. The number of nitrogens with two attached hydrogens (primary N) is 1. The van der Waals surface area contributed by atoms with Crippen LogP contribution in [0.5, 0.6) is 0 Å². The Kier molecular flexibility index (Phi) is 4.79. The lowest BCUT2D eigenvalue weighted by Crippen LogP contribution is -2.31. The highest BCUT2D eigenvalue weighted by Crippen LogP contribution is 2.29. The molecule has 0 bridgehead atoms. The molecule has 0 amide bonds. The van der Waals surface area contributed by atoms with Crippen LogP contribution in [0.3, 0.4) is 0 Å². The lowest BCUT2D eigenvalue weighted by atomic mass is 10.2. The van der Waals surface area contributed by atoms with E-state index in [4.69, 9.17) is 10.9 Å². The van der Waals surface area contributed by atoms with E-state index in [2.05, 4.69) is 35.0 Å². The van der Waals surface area contributed by atoms with E-state index in [1.54, 1.807) is 11.3 Å². The summed E-state index contributed by atoms with van der Waals surface area (Å²) in [4.78, 5) is 6.87. The smallest absolute Gasteiger partial charge is 0.186 e. The summed E-state index contributed by atoms with van der Waals surface area (Å²) < 4.78 is 1.18. The first-order valence-corrected chi connectivity index (χ1v) is 7.48. The van der Waals surface area contributed by atoms with Crippen LogP contribution in [0.2, 0.25) is 0 Å². The molecule has 1 heterocycles. The predicted molar refractivity (Wildman–Crippen MR) is 84.7 cm³/mol. The molecule has 3 N–H and O–H groups in total. The Morgan fingerprint density at radius 1 is 1.45 bits per heavy atom. The number of nitrogens with zero attached hydrogens (tertiary/aromatic N) is 3. The van der Waals surface area contributed by atoms with Gasteiger partial charge in [0, 0.05) is 19.5 Å². The molecule has 20 heavy (non-hydrogen) atoms. The number of oxime groups is 1. The van der Waals surface area contributed by atoms with Crippen molar-refractivity contribution in [1.82, 2.24) is 4.98 Å². The normalized spacial score (nSPS) is 12.2. The van der Waals surface area contributed by atoms with Gasteiger partial charge in [-0.15, -0.1) is 0 Å². The minimum absolute atomic E-state index is 0.250. The van der Waals surface area contributed by atoms with E-state index in [9.17, 15) is 0 Å². The van der Waals surface area contributed by atoms with E-state index in [-0.39, 0.29) is 5.84 Å². The fourth-order valence-corrected chi connectivity index (χ4v) is 3.00. The molecule has 0 radical (unpaired) electrons. The summed E-state index contributed by atoms with van der Waals surface area (Å²) in [5.41, 5.74) is 6.58. The van der Waals surface area contributed by atoms with Crippen molar-refractivity contribution in [2.45, 2.75) is 20.3 Å². The van der Waals surface area contributed by atoms with Crippen molar-refractivity contribution in [1.29, 1.82) is 0 Å². The third-order valence-electron chi connectivity index (χ3n) is 2.90. The van der Waals surface area contributed by atoms with Crippen molar-refractivity contribution in [3.8, 4) is 0 Å². The van der Waals surface area contributed by atoms with Crippen molar-refractivity contribution in [2.24, 2.45) is 16.8 Å². The molecule has 2 rings (SSSR count). The molecule has 1 aromatic carbocycles. The average molecular weight is 292 g/mol. The minimum Gasteiger partial charge on any atom is -0.409 e. The molecule has 6 heteroatoms. The van der Waals surface area contributed by atoms with Crippen LogP contribution >= 0.6 is 11.3 Å². The molecule has 0 aliphatic heterocycles. The highest BCUT2D eigenvalue weighted by Gasteiger charge is 2.14. The zero-order valence-electron chi connectivity index (χ0n) is 11.8. The van der Waals surface area contributed by atoms with Crippen molar-refractivity contribution in [2.75, 3.05) is 18.0 Å². The van der Waals surface area contributed by atoms with E-state index < -0.39 is 0 Å². The van der Waals surface area contributed by atoms with Crippen LogP contribution in [-0.2, 0) is 0 Å². The van der Waals surface area contributed by atoms with Crippen LogP contribution in [0.25, 0.3) is 10.2 Å². The van der Waals surface area contributed by atoms with Gasteiger partial charge in [-0.2, -0.15) is 0 Å². The SMILES string of the molecule is CC(C)CN(CCC(N)=NO)c1nc2ccccc2s1. The summed E-state index contributed by atoms with van der Waals surface area (Å²) >= 11 is 1.68. The molecule has 0 fully saturated rings. The maximum absolute atomic E-state index is 8.65. The second kappa shape index (κ2) is 6.56. The Labute approximate surface area is 122 Å². The first kappa shape index (κ1) is 14.6. The molecule has 2 aromatic rings. The lowest BCUT2D eigenvalue weighted by molar-refractivity contribution is 0.317. The molecular formula is C14H20N4OS. The molecule has 0 atom stereocenters. The van der Waals surface area contributed by atoms with Gasteiger partial charge in [0.05, 0.1) is 10.2 Å². The standard InChI is InChI=1S/C14H20N4OS/c1-10(2)9-18(8-7-13(15)17-19)14-16-11-5-3-4-6-12(11)20-14/h3-6,10,19H,7-9H2,1-2H3,(H2,15,17). The zero-order chi connectivity index (χ0) is 14.5. The number of anilines is 1. The van der Waals surface area contributed by atoms with Gasteiger partial charge >= 0.3 is 0 Å². The van der Waals surface area contributed by atoms with Crippen molar-refractivity contribution in [3.63, 3.8) is 0 Å². The van der Waals surface area contributed by atoms with E-state index in [0.29, 0.717) is 18.9 Å². The van der Waals surface area contributed by atoms with Crippen LogP contribution in [0.1, 0.15) is 20.3 Å². The molecule has 1 aromatic heterocycles. The van der Waals surface area contributed by atoms with Gasteiger partial charge < -0.3 is 15.8 Å². The van der Waals surface area contributed by atoms with Gasteiger partial charge in [0.25, 0.3) is 0 Å². The van der Waals surface area contributed by atoms with E-state index >= 15 is 0 Å². The van der Waals surface area contributed by atoms with E-state index in [1.807, 2.05) is 18.2 Å². The van der Waals surface area contributed by atoms with Crippen molar-refractivity contribution < 1.29 is 5.21 Å². The number of benzene rings is 1. The molecule has 0 aliphatic carbocycles. The maximum Gasteiger partial charge on any atom is 0.186 e. The molecule has 0 aliphatic rings. The van der Waals surface area contributed by atoms with Gasteiger partial charge in [-0.1, -0.05) is 42.5 Å². The van der Waals surface area contributed by atoms with Gasteiger partial charge in [0.1, 0.15) is 5.84 Å². The Morgan fingerprint density at radius 2 is 2.20 bits per heavy atom. The van der Waals surface area contributed by atoms with Crippen LogP contribution < -0.4 is 10.6 Å². The maximum atomic E-state index is 8.65. The molecular weight excluding hydrogens is 272 g/mol. The van der Waals surface area contributed by atoms with Gasteiger partial charge in [-0.05, 0) is 18.1 Å². The summed E-state index contributed by atoms with van der Waals surface area (Å²) in [5, 5.41) is 12.7. The first-order chi connectivity index (χ1) is 9.60. The Hall–Kier alpha value is -1.82. The van der Waals surface area contributed by atoms with Crippen LogP contribution in [0.4, 0.5) is 5.13 Å². The van der Waals surface area contributed by atoms with Gasteiger partial charge in [0.2, 0.25) is 0 Å². The minimum atomic E-state index is 0.250. The molecule has 5 nitrogen and oxygen atoms in total. The fraction of sp³-hybridized carbons (Fsp3) is 0.429. The summed E-state index contributed by atoms with van der Waals surface area (Å²) in [5.74, 6) is 0.772. The summed E-state index contributed by atoms with van der Waals surface area (Å²) in [6.45, 7) is 5.94.